The first kappa shape index (κ1) is 13.8. The Bertz CT molecular complexity index is 510. The molecule has 0 aromatic carbocycles. The van der Waals surface area contributed by atoms with Crippen molar-refractivity contribution >= 4 is 5.97 Å². The number of carbonyl (C=O) groups excluding carboxylic acids is 1. The van der Waals surface area contributed by atoms with Gasteiger partial charge < -0.3 is 9.72 Å². The maximum absolute atomic E-state index is 11.9. The van der Waals surface area contributed by atoms with Crippen LogP contribution in [0, 0.1) is 5.92 Å². The van der Waals surface area contributed by atoms with Gasteiger partial charge in [0.1, 0.15) is 11.4 Å². The predicted octanol–water partition coefficient (Wildman–Crippen LogP) is 2.24. The second-order valence-electron chi connectivity index (χ2n) is 5.20. The van der Waals surface area contributed by atoms with Crippen LogP contribution in [0.25, 0.3) is 0 Å². The smallest absolute Gasteiger partial charge is 0.345 e. The largest absolute Gasteiger partial charge is 0.462 e. The summed E-state index contributed by atoms with van der Waals surface area (Å²) in [4.78, 5) is 30.4. The zero-order chi connectivity index (χ0) is 13.8. The first-order valence-electron chi connectivity index (χ1n) is 6.88. The molecular weight excluding hydrogens is 244 g/mol. The molecule has 2 unspecified atom stereocenters. The summed E-state index contributed by atoms with van der Waals surface area (Å²) >= 11 is 0. The molecular formula is C14H20N2O3. The molecule has 5 heteroatoms. The van der Waals surface area contributed by atoms with Gasteiger partial charge in [-0.3, -0.25) is 4.79 Å². The van der Waals surface area contributed by atoms with Crippen molar-refractivity contribution in [1.82, 2.24) is 9.97 Å². The van der Waals surface area contributed by atoms with Gasteiger partial charge in [0, 0.05) is 12.1 Å². The second kappa shape index (κ2) is 5.99. The Balaban J connectivity index is 2.19. The molecule has 0 spiro atoms. The third kappa shape index (κ3) is 3.22. The third-order valence-corrected chi connectivity index (χ3v) is 3.64. The zero-order valence-corrected chi connectivity index (χ0v) is 11.4. The molecule has 0 saturated heterocycles. The molecule has 0 radical (unpaired) electrons. The number of aromatic nitrogens is 2. The highest BCUT2D eigenvalue weighted by Gasteiger charge is 2.23. The number of rotatable bonds is 3. The molecule has 104 valence electrons. The molecule has 2 atom stereocenters. The number of nitrogens with one attached hydrogen (secondary N) is 1. The van der Waals surface area contributed by atoms with E-state index in [0.29, 0.717) is 17.7 Å². The van der Waals surface area contributed by atoms with Gasteiger partial charge >= 0.3 is 5.97 Å². The van der Waals surface area contributed by atoms with Gasteiger partial charge in [-0.05, 0) is 25.7 Å². The average Bonchev–Trinajstić information content (AvgIpc) is 2.38. The highest BCUT2D eigenvalue weighted by molar-refractivity contribution is 5.88. The van der Waals surface area contributed by atoms with Crippen LogP contribution in [0.1, 0.15) is 61.6 Å². The lowest BCUT2D eigenvalue weighted by Crippen LogP contribution is -2.24. The summed E-state index contributed by atoms with van der Waals surface area (Å²) in [6, 6.07) is 0. The molecule has 1 aliphatic carbocycles. The van der Waals surface area contributed by atoms with Gasteiger partial charge in [0.15, 0.2) is 0 Å². The molecule has 1 heterocycles. The van der Waals surface area contributed by atoms with Crippen molar-refractivity contribution in [3.8, 4) is 0 Å². The summed E-state index contributed by atoms with van der Waals surface area (Å²) in [6.07, 6.45) is 5.83. The van der Waals surface area contributed by atoms with E-state index < -0.39 is 11.5 Å². The zero-order valence-electron chi connectivity index (χ0n) is 11.4. The molecule has 2 rings (SSSR count). The van der Waals surface area contributed by atoms with Crippen LogP contribution in [0.3, 0.4) is 0 Å². The van der Waals surface area contributed by atoms with Crippen LogP contribution < -0.4 is 5.56 Å². The monoisotopic (exact) mass is 264 g/mol. The normalized spacial score (nSPS) is 23.1. The topological polar surface area (TPSA) is 72.0 Å². The fourth-order valence-electron chi connectivity index (χ4n) is 2.65. The Morgan fingerprint density at radius 3 is 2.95 bits per heavy atom. The minimum atomic E-state index is -0.611. The maximum Gasteiger partial charge on any atom is 0.345 e. The average molecular weight is 264 g/mol. The van der Waals surface area contributed by atoms with Gasteiger partial charge in [-0.15, -0.1) is 0 Å². The maximum atomic E-state index is 11.9. The number of hydrogen-bond donors (Lipinski definition) is 1. The molecule has 1 aliphatic rings. The number of esters is 1. The van der Waals surface area contributed by atoms with E-state index in [4.69, 9.17) is 4.74 Å². The third-order valence-electron chi connectivity index (χ3n) is 3.64. The van der Waals surface area contributed by atoms with Crippen molar-refractivity contribution in [2.75, 3.05) is 6.61 Å². The number of nitrogens with zero attached hydrogens (tertiary/aromatic N) is 1. The van der Waals surface area contributed by atoms with Crippen molar-refractivity contribution in [1.29, 1.82) is 0 Å². The van der Waals surface area contributed by atoms with E-state index in [9.17, 15) is 9.59 Å². The highest BCUT2D eigenvalue weighted by atomic mass is 16.5. The fraction of sp³-hybridized carbons (Fsp3) is 0.643. The number of aromatic amines is 1. The second-order valence-corrected chi connectivity index (χ2v) is 5.20. The summed E-state index contributed by atoms with van der Waals surface area (Å²) in [6.45, 7) is 4.18. The standard InChI is InChI=1S/C14H20N2O3/c1-3-19-14(18)11-8-15-12(16-13(11)17)10-6-4-5-9(2)7-10/h8-10H,3-7H2,1-2H3,(H,15,16,17). The number of carbonyl (C=O) groups is 1. The van der Waals surface area contributed by atoms with Gasteiger partial charge in [0.05, 0.1) is 6.61 Å². The van der Waals surface area contributed by atoms with E-state index in [-0.39, 0.29) is 12.2 Å². The lowest BCUT2D eigenvalue weighted by Gasteiger charge is -2.25. The molecule has 1 saturated carbocycles. The highest BCUT2D eigenvalue weighted by Crippen LogP contribution is 2.33. The lowest BCUT2D eigenvalue weighted by molar-refractivity contribution is 0.0523. The van der Waals surface area contributed by atoms with Crippen molar-refractivity contribution < 1.29 is 9.53 Å². The summed E-state index contributed by atoms with van der Waals surface area (Å²) in [5.41, 5.74) is -0.420. The molecule has 19 heavy (non-hydrogen) atoms. The van der Waals surface area contributed by atoms with Crippen molar-refractivity contribution in [3.05, 3.63) is 27.9 Å². The van der Waals surface area contributed by atoms with Crippen LogP contribution in [0.15, 0.2) is 11.0 Å². The van der Waals surface area contributed by atoms with E-state index in [2.05, 4.69) is 16.9 Å². The van der Waals surface area contributed by atoms with Crippen LogP contribution >= 0.6 is 0 Å². The van der Waals surface area contributed by atoms with Gasteiger partial charge in [0.2, 0.25) is 0 Å². The minimum absolute atomic E-state index is 0.0190. The van der Waals surface area contributed by atoms with E-state index in [1.165, 1.54) is 12.6 Å². The van der Waals surface area contributed by atoms with Crippen LogP contribution in [0.5, 0.6) is 0 Å². The fourth-order valence-corrected chi connectivity index (χ4v) is 2.65. The van der Waals surface area contributed by atoms with E-state index in [1.54, 1.807) is 6.92 Å². The van der Waals surface area contributed by atoms with Crippen molar-refractivity contribution in [2.24, 2.45) is 5.92 Å². The molecule has 1 aromatic heterocycles. The van der Waals surface area contributed by atoms with E-state index >= 15 is 0 Å². The Hall–Kier alpha value is -1.65. The van der Waals surface area contributed by atoms with Crippen LogP contribution in [-0.2, 0) is 4.74 Å². The lowest BCUT2D eigenvalue weighted by atomic mass is 9.82. The Kier molecular flexibility index (Phi) is 4.35. The van der Waals surface area contributed by atoms with Crippen LogP contribution in [0.2, 0.25) is 0 Å². The molecule has 1 aromatic rings. The number of H-pyrrole nitrogens is 1. The molecule has 0 aliphatic heterocycles. The van der Waals surface area contributed by atoms with Gasteiger partial charge in [0.25, 0.3) is 5.56 Å². The molecule has 5 nitrogen and oxygen atoms in total. The SMILES string of the molecule is CCOC(=O)c1cnc(C2CCCC(C)C2)[nH]c1=O. The summed E-state index contributed by atoms with van der Waals surface area (Å²) in [7, 11) is 0. The number of ether oxygens (including phenoxy) is 1. The Morgan fingerprint density at radius 2 is 2.32 bits per heavy atom. The quantitative estimate of drug-likeness (QED) is 0.850. The molecule has 0 bridgehead atoms. The van der Waals surface area contributed by atoms with Crippen molar-refractivity contribution in [3.63, 3.8) is 0 Å². The first-order valence-corrected chi connectivity index (χ1v) is 6.88. The van der Waals surface area contributed by atoms with E-state index in [1.807, 2.05) is 0 Å². The van der Waals surface area contributed by atoms with E-state index in [0.717, 1.165) is 19.3 Å². The van der Waals surface area contributed by atoms with Gasteiger partial charge in [-0.1, -0.05) is 19.8 Å². The van der Waals surface area contributed by atoms with Gasteiger partial charge in [-0.2, -0.15) is 0 Å². The number of hydrogen-bond acceptors (Lipinski definition) is 4. The summed E-state index contributed by atoms with van der Waals surface area (Å²) in [5.74, 6) is 1.05. The van der Waals surface area contributed by atoms with Crippen LogP contribution in [0.4, 0.5) is 0 Å². The Morgan fingerprint density at radius 1 is 1.53 bits per heavy atom. The first-order chi connectivity index (χ1) is 9.11. The van der Waals surface area contributed by atoms with Crippen molar-refractivity contribution in [2.45, 2.75) is 45.4 Å². The molecule has 0 amide bonds. The van der Waals surface area contributed by atoms with Gasteiger partial charge in [-0.25, -0.2) is 9.78 Å². The minimum Gasteiger partial charge on any atom is -0.462 e. The molecule has 1 N–H and O–H groups in total. The Labute approximate surface area is 112 Å². The summed E-state index contributed by atoms with van der Waals surface area (Å²) in [5, 5.41) is 0. The summed E-state index contributed by atoms with van der Waals surface area (Å²) < 4.78 is 4.81. The molecule has 1 fully saturated rings. The predicted molar refractivity (Wildman–Crippen MR) is 71.2 cm³/mol. The van der Waals surface area contributed by atoms with Crippen LogP contribution in [-0.4, -0.2) is 22.5 Å².